The van der Waals surface area contributed by atoms with Crippen LogP contribution in [0.4, 0.5) is 0 Å². The molecule has 2 aromatic rings. The summed E-state index contributed by atoms with van der Waals surface area (Å²) in [6.07, 6.45) is 4.72. The standard InChI is InChI=1S/C19H19N3O/c20-12-13-8-18(14-4-2-1-3-5-14)22-19(9-13)23-17-10-15-6-7-16(11-17)21-15/h1-5,8-9,15-17,21H,6-7,10-11H2/t15-,16-/m1/s1. The summed E-state index contributed by atoms with van der Waals surface area (Å²) >= 11 is 0. The Bertz CT molecular complexity index is 726. The molecule has 2 fully saturated rings. The van der Waals surface area contributed by atoms with E-state index in [9.17, 15) is 5.26 Å². The van der Waals surface area contributed by atoms with Gasteiger partial charge in [0.1, 0.15) is 6.10 Å². The van der Waals surface area contributed by atoms with Crippen LogP contribution in [0.5, 0.6) is 5.88 Å². The summed E-state index contributed by atoms with van der Waals surface area (Å²) in [4.78, 5) is 4.62. The Morgan fingerprint density at radius 1 is 1.09 bits per heavy atom. The van der Waals surface area contributed by atoms with Gasteiger partial charge in [-0.2, -0.15) is 5.26 Å². The van der Waals surface area contributed by atoms with Crippen molar-refractivity contribution in [2.75, 3.05) is 0 Å². The van der Waals surface area contributed by atoms with Gasteiger partial charge < -0.3 is 10.1 Å². The van der Waals surface area contributed by atoms with Crippen LogP contribution in [0.15, 0.2) is 42.5 Å². The molecule has 1 aromatic carbocycles. The molecule has 4 rings (SSSR count). The zero-order valence-electron chi connectivity index (χ0n) is 12.9. The van der Waals surface area contributed by atoms with Crippen molar-refractivity contribution in [1.29, 1.82) is 5.26 Å². The molecule has 1 N–H and O–H groups in total. The van der Waals surface area contributed by atoms with E-state index in [0.717, 1.165) is 24.1 Å². The molecule has 0 radical (unpaired) electrons. The molecule has 2 aliphatic heterocycles. The van der Waals surface area contributed by atoms with Gasteiger partial charge in [0.05, 0.1) is 17.3 Å². The average Bonchev–Trinajstić information content (AvgIpc) is 2.94. The van der Waals surface area contributed by atoms with Gasteiger partial charge in [0.25, 0.3) is 0 Å². The number of pyridine rings is 1. The third-order valence-corrected chi connectivity index (χ3v) is 4.72. The maximum absolute atomic E-state index is 9.29. The molecule has 0 aliphatic carbocycles. The number of piperidine rings is 1. The van der Waals surface area contributed by atoms with Crippen LogP contribution in [0.2, 0.25) is 0 Å². The zero-order chi connectivity index (χ0) is 15.6. The van der Waals surface area contributed by atoms with Gasteiger partial charge in [0.2, 0.25) is 5.88 Å². The van der Waals surface area contributed by atoms with E-state index in [4.69, 9.17) is 4.74 Å². The van der Waals surface area contributed by atoms with Crippen LogP contribution in [0.25, 0.3) is 11.3 Å². The first-order valence-electron chi connectivity index (χ1n) is 8.20. The average molecular weight is 305 g/mol. The Morgan fingerprint density at radius 2 is 1.83 bits per heavy atom. The molecule has 2 saturated heterocycles. The first-order chi connectivity index (χ1) is 11.3. The third kappa shape index (κ3) is 3.06. The number of nitriles is 1. The Balaban J connectivity index is 1.60. The van der Waals surface area contributed by atoms with Gasteiger partial charge in [-0.15, -0.1) is 0 Å². The predicted octanol–water partition coefficient (Wildman–Crippen LogP) is 3.28. The van der Waals surface area contributed by atoms with Gasteiger partial charge in [-0.25, -0.2) is 4.98 Å². The fraction of sp³-hybridized carbons (Fsp3) is 0.368. The maximum Gasteiger partial charge on any atom is 0.215 e. The van der Waals surface area contributed by atoms with Crippen molar-refractivity contribution in [3.05, 3.63) is 48.0 Å². The molecule has 3 heterocycles. The summed E-state index contributed by atoms with van der Waals surface area (Å²) in [5, 5.41) is 12.9. The Morgan fingerprint density at radius 3 is 2.52 bits per heavy atom. The summed E-state index contributed by atoms with van der Waals surface area (Å²) in [5.41, 5.74) is 2.38. The molecule has 2 aliphatic rings. The summed E-state index contributed by atoms with van der Waals surface area (Å²) in [6, 6.07) is 16.8. The van der Waals surface area contributed by atoms with E-state index in [2.05, 4.69) is 16.4 Å². The first-order valence-corrected chi connectivity index (χ1v) is 8.20. The van der Waals surface area contributed by atoms with Crippen molar-refractivity contribution in [3.63, 3.8) is 0 Å². The van der Waals surface area contributed by atoms with Crippen LogP contribution in [-0.4, -0.2) is 23.2 Å². The highest BCUT2D eigenvalue weighted by atomic mass is 16.5. The minimum absolute atomic E-state index is 0.193. The molecule has 1 aromatic heterocycles. The number of benzene rings is 1. The Labute approximate surface area is 136 Å². The summed E-state index contributed by atoms with van der Waals surface area (Å²) in [7, 11) is 0. The molecule has 2 bridgehead atoms. The van der Waals surface area contributed by atoms with Crippen molar-refractivity contribution in [2.45, 2.75) is 43.9 Å². The van der Waals surface area contributed by atoms with E-state index in [1.807, 2.05) is 36.4 Å². The SMILES string of the molecule is N#Cc1cc(OC2C[C@H]3CC[C@H](C2)N3)nc(-c2ccccc2)c1. The third-order valence-electron chi connectivity index (χ3n) is 4.72. The molecule has 0 unspecified atom stereocenters. The van der Waals surface area contributed by atoms with E-state index in [1.54, 1.807) is 6.07 Å². The lowest BCUT2D eigenvalue weighted by molar-refractivity contribution is 0.132. The van der Waals surface area contributed by atoms with Crippen LogP contribution in [0, 0.1) is 11.3 Å². The number of aromatic nitrogens is 1. The second-order valence-corrected chi connectivity index (χ2v) is 6.41. The van der Waals surface area contributed by atoms with Gasteiger partial charge >= 0.3 is 0 Å². The normalized spacial score (nSPS) is 25.8. The van der Waals surface area contributed by atoms with Gasteiger partial charge in [0, 0.05) is 23.7 Å². The molecule has 0 spiro atoms. The largest absolute Gasteiger partial charge is 0.474 e. The monoisotopic (exact) mass is 305 g/mol. The fourth-order valence-electron chi connectivity index (χ4n) is 3.66. The number of hydrogen-bond acceptors (Lipinski definition) is 4. The maximum atomic E-state index is 9.29. The molecule has 0 amide bonds. The zero-order valence-corrected chi connectivity index (χ0v) is 12.9. The highest BCUT2D eigenvalue weighted by molar-refractivity contribution is 5.61. The molecular formula is C19H19N3O. The van der Waals surface area contributed by atoms with Gasteiger partial charge in [-0.3, -0.25) is 0 Å². The number of hydrogen-bond donors (Lipinski definition) is 1. The van der Waals surface area contributed by atoms with Gasteiger partial charge in [-0.05, 0) is 31.7 Å². The number of fused-ring (bicyclic) bond motifs is 2. The fourth-order valence-corrected chi connectivity index (χ4v) is 3.66. The van der Waals surface area contributed by atoms with Crippen molar-refractivity contribution < 1.29 is 4.74 Å². The van der Waals surface area contributed by atoms with E-state index in [-0.39, 0.29) is 6.10 Å². The summed E-state index contributed by atoms with van der Waals surface area (Å²) in [5.74, 6) is 0.564. The summed E-state index contributed by atoms with van der Waals surface area (Å²) in [6.45, 7) is 0. The Kier molecular flexibility index (Phi) is 3.72. The predicted molar refractivity (Wildman–Crippen MR) is 88.0 cm³/mol. The minimum Gasteiger partial charge on any atom is -0.474 e. The van der Waals surface area contributed by atoms with E-state index in [1.165, 1.54) is 12.8 Å². The quantitative estimate of drug-likeness (QED) is 0.945. The molecule has 116 valence electrons. The van der Waals surface area contributed by atoms with Crippen LogP contribution >= 0.6 is 0 Å². The highest BCUT2D eigenvalue weighted by Gasteiger charge is 2.34. The summed E-state index contributed by atoms with van der Waals surface area (Å²) < 4.78 is 6.14. The van der Waals surface area contributed by atoms with Crippen molar-refractivity contribution in [2.24, 2.45) is 0 Å². The lowest BCUT2D eigenvalue weighted by Crippen LogP contribution is -2.42. The van der Waals surface area contributed by atoms with Gasteiger partial charge in [0.15, 0.2) is 0 Å². The van der Waals surface area contributed by atoms with E-state index in [0.29, 0.717) is 23.5 Å². The number of nitrogens with zero attached hydrogens (tertiary/aromatic N) is 2. The number of ether oxygens (including phenoxy) is 1. The smallest absolute Gasteiger partial charge is 0.215 e. The van der Waals surface area contributed by atoms with Crippen molar-refractivity contribution in [1.82, 2.24) is 10.3 Å². The first kappa shape index (κ1) is 14.2. The number of nitrogens with one attached hydrogen (secondary N) is 1. The van der Waals surface area contributed by atoms with E-state index < -0.39 is 0 Å². The molecule has 0 saturated carbocycles. The second-order valence-electron chi connectivity index (χ2n) is 6.41. The highest BCUT2D eigenvalue weighted by Crippen LogP contribution is 2.30. The molecular weight excluding hydrogens is 286 g/mol. The van der Waals surface area contributed by atoms with Crippen LogP contribution < -0.4 is 10.1 Å². The van der Waals surface area contributed by atoms with Crippen LogP contribution in [0.1, 0.15) is 31.2 Å². The minimum atomic E-state index is 0.193. The lowest BCUT2D eigenvalue weighted by Gasteiger charge is -2.29. The van der Waals surface area contributed by atoms with Gasteiger partial charge in [-0.1, -0.05) is 30.3 Å². The number of rotatable bonds is 3. The topological polar surface area (TPSA) is 57.9 Å². The molecule has 23 heavy (non-hydrogen) atoms. The lowest BCUT2D eigenvalue weighted by atomic mass is 10.0. The molecule has 2 atom stereocenters. The Hall–Kier alpha value is -2.38. The molecule has 4 heteroatoms. The molecule has 4 nitrogen and oxygen atoms in total. The van der Waals surface area contributed by atoms with E-state index >= 15 is 0 Å². The van der Waals surface area contributed by atoms with Crippen molar-refractivity contribution in [3.8, 4) is 23.2 Å². The van der Waals surface area contributed by atoms with Crippen LogP contribution in [0.3, 0.4) is 0 Å². The van der Waals surface area contributed by atoms with Crippen molar-refractivity contribution >= 4 is 0 Å². The van der Waals surface area contributed by atoms with Crippen LogP contribution in [-0.2, 0) is 0 Å². The second kappa shape index (κ2) is 6.02.